The van der Waals surface area contributed by atoms with E-state index >= 15 is 0 Å². The summed E-state index contributed by atoms with van der Waals surface area (Å²) in [6, 6.07) is 3.60. The molecule has 0 bridgehead atoms. The van der Waals surface area contributed by atoms with Crippen molar-refractivity contribution in [1.29, 1.82) is 0 Å². The summed E-state index contributed by atoms with van der Waals surface area (Å²) in [5.41, 5.74) is 5.52. The molecular weight excluding hydrogens is 263 g/mol. The number of hydrogen-bond donors (Lipinski definition) is 3. The summed E-state index contributed by atoms with van der Waals surface area (Å²) in [6.45, 7) is 4.02. The zero-order valence-electron chi connectivity index (χ0n) is 11.5. The molecule has 20 heavy (non-hydrogen) atoms. The van der Waals surface area contributed by atoms with Crippen molar-refractivity contribution in [3.8, 4) is 0 Å². The third kappa shape index (κ3) is 4.53. The van der Waals surface area contributed by atoms with Crippen molar-refractivity contribution in [3.63, 3.8) is 0 Å². The largest absolute Gasteiger partial charge is 0.481 e. The van der Waals surface area contributed by atoms with Crippen molar-refractivity contribution in [3.05, 3.63) is 29.6 Å². The number of halogens is 1. The summed E-state index contributed by atoms with van der Waals surface area (Å²) in [6.07, 6.45) is 0.509. The summed E-state index contributed by atoms with van der Waals surface area (Å²) in [4.78, 5) is 22.4. The van der Waals surface area contributed by atoms with Crippen LogP contribution in [0.1, 0.15) is 30.6 Å². The average molecular weight is 282 g/mol. The minimum atomic E-state index is -0.908. The van der Waals surface area contributed by atoms with E-state index in [0.717, 1.165) is 6.07 Å². The standard InChI is InChI=1S/C14H19FN2O3/c1-8(2)5-9(14(19)20)7-17-12-4-3-10(15)6-11(12)13(16)18/h3-4,6,8-9,17H,5,7H2,1-2H3,(H2,16,18)(H,19,20). The molecule has 1 atom stereocenters. The lowest BCUT2D eigenvalue weighted by Crippen LogP contribution is -2.25. The van der Waals surface area contributed by atoms with Crippen LogP contribution in [0.5, 0.6) is 0 Å². The zero-order chi connectivity index (χ0) is 15.3. The Hall–Kier alpha value is -2.11. The van der Waals surface area contributed by atoms with Crippen molar-refractivity contribution < 1.29 is 19.1 Å². The van der Waals surface area contributed by atoms with E-state index in [1.54, 1.807) is 0 Å². The quantitative estimate of drug-likeness (QED) is 0.714. The number of aliphatic carboxylic acids is 1. The number of carbonyl (C=O) groups excluding carboxylic acids is 1. The topological polar surface area (TPSA) is 92.4 Å². The number of anilines is 1. The molecule has 5 nitrogen and oxygen atoms in total. The maximum absolute atomic E-state index is 13.1. The Balaban J connectivity index is 2.82. The molecule has 0 fully saturated rings. The molecule has 0 spiro atoms. The minimum Gasteiger partial charge on any atom is -0.481 e. The molecule has 1 rings (SSSR count). The molecule has 0 heterocycles. The van der Waals surface area contributed by atoms with Gasteiger partial charge in [-0.2, -0.15) is 0 Å². The molecule has 0 aliphatic rings. The van der Waals surface area contributed by atoms with Crippen molar-refractivity contribution >= 4 is 17.6 Å². The summed E-state index contributed by atoms with van der Waals surface area (Å²) in [5, 5.41) is 12.0. The predicted octanol–water partition coefficient (Wildman–Crippen LogP) is 2.08. The van der Waals surface area contributed by atoms with Gasteiger partial charge in [-0.3, -0.25) is 9.59 Å². The fourth-order valence-corrected chi connectivity index (χ4v) is 1.95. The van der Waals surface area contributed by atoms with Crippen LogP contribution in [0.25, 0.3) is 0 Å². The van der Waals surface area contributed by atoms with Crippen molar-refractivity contribution in [2.45, 2.75) is 20.3 Å². The first-order valence-corrected chi connectivity index (χ1v) is 6.37. The molecule has 1 aromatic rings. The Morgan fingerprint density at radius 1 is 1.40 bits per heavy atom. The van der Waals surface area contributed by atoms with E-state index in [4.69, 9.17) is 10.8 Å². The monoisotopic (exact) mass is 282 g/mol. The normalized spacial score (nSPS) is 12.2. The molecule has 0 aliphatic heterocycles. The number of nitrogens with one attached hydrogen (secondary N) is 1. The minimum absolute atomic E-state index is 0.0127. The highest BCUT2D eigenvalue weighted by atomic mass is 19.1. The highest BCUT2D eigenvalue weighted by molar-refractivity contribution is 5.98. The van der Waals surface area contributed by atoms with Crippen LogP contribution in [0.4, 0.5) is 10.1 Å². The molecule has 4 N–H and O–H groups in total. The highest BCUT2D eigenvalue weighted by Crippen LogP contribution is 2.19. The summed E-state index contributed by atoms with van der Waals surface area (Å²) < 4.78 is 13.1. The zero-order valence-corrected chi connectivity index (χ0v) is 11.5. The van der Waals surface area contributed by atoms with Crippen molar-refractivity contribution in [2.75, 3.05) is 11.9 Å². The van der Waals surface area contributed by atoms with Gasteiger partial charge in [0.1, 0.15) is 5.82 Å². The van der Waals surface area contributed by atoms with Crippen LogP contribution in [0.3, 0.4) is 0 Å². The molecular formula is C14H19FN2O3. The molecule has 0 saturated heterocycles. The van der Waals surface area contributed by atoms with E-state index in [-0.39, 0.29) is 18.0 Å². The Morgan fingerprint density at radius 2 is 2.05 bits per heavy atom. The molecule has 0 aromatic heterocycles. The van der Waals surface area contributed by atoms with Crippen LogP contribution in [-0.4, -0.2) is 23.5 Å². The van der Waals surface area contributed by atoms with E-state index in [2.05, 4.69) is 5.32 Å². The molecule has 6 heteroatoms. The molecule has 0 radical (unpaired) electrons. The average Bonchev–Trinajstić information content (AvgIpc) is 2.34. The molecule has 110 valence electrons. The van der Waals surface area contributed by atoms with Gasteiger partial charge in [-0.15, -0.1) is 0 Å². The van der Waals surface area contributed by atoms with Crippen LogP contribution in [-0.2, 0) is 4.79 Å². The van der Waals surface area contributed by atoms with Gasteiger partial charge in [-0.05, 0) is 30.5 Å². The maximum Gasteiger partial charge on any atom is 0.308 e. The van der Waals surface area contributed by atoms with E-state index in [0.29, 0.717) is 12.1 Å². The molecule has 0 saturated carbocycles. The smallest absolute Gasteiger partial charge is 0.308 e. The Kier molecular flexibility index (Phi) is 5.49. The van der Waals surface area contributed by atoms with Gasteiger partial charge in [0, 0.05) is 12.2 Å². The third-order valence-corrected chi connectivity index (χ3v) is 2.89. The molecule has 1 aromatic carbocycles. The Morgan fingerprint density at radius 3 is 2.55 bits per heavy atom. The predicted molar refractivity (Wildman–Crippen MR) is 74.0 cm³/mol. The van der Waals surface area contributed by atoms with Crippen LogP contribution < -0.4 is 11.1 Å². The number of nitrogens with two attached hydrogens (primary N) is 1. The van der Waals surface area contributed by atoms with Gasteiger partial charge < -0.3 is 16.2 Å². The number of rotatable bonds is 7. The number of benzene rings is 1. The number of primary amides is 1. The molecule has 1 amide bonds. The first kappa shape index (κ1) is 15.9. The maximum atomic E-state index is 13.1. The number of carboxylic acid groups (broad SMARTS) is 1. The van der Waals surface area contributed by atoms with Gasteiger partial charge >= 0.3 is 5.97 Å². The summed E-state index contributed by atoms with van der Waals surface area (Å²) in [5.74, 6) is -2.58. The van der Waals surface area contributed by atoms with Crippen LogP contribution in [0, 0.1) is 17.7 Å². The second-order valence-electron chi connectivity index (χ2n) is 5.10. The third-order valence-electron chi connectivity index (χ3n) is 2.89. The van der Waals surface area contributed by atoms with Gasteiger partial charge in [0.2, 0.25) is 0 Å². The molecule has 0 aliphatic carbocycles. The van der Waals surface area contributed by atoms with Gasteiger partial charge in [0.25, 0.3) is 5.91 Å². The fraction of sp³-hybridized carbons (Fsp3) is 0.429. The van der Waals surface area contributed by atoms with E-state index < -0.39 is 23.6 Å². The number of amides is 1. The van der Waals surface area contributed by atoms with Gasteiger partial charge in [0.05, 0.1) is 11.5 Å². The second-order valence-corrected chi connectivity index (χ2v) is 5.10. The van der Waals surface area contributed by atoms with Crippen molar-refractivity contribution in [1.82, 2.24) is 0 Å². The second kappa shape index (κ2) is 6.88. The fourth-order valence-electron chi connectivity index (χ4n) is 1.95. The first-order valence-electron chi connectivity index (χ1n) is 6.37. The van der Waals surface area contributed by atoms with Crippen LogP contribution >= 0.6 is 0 Å². The Bertz CT molecular complexity index is 503. The summed E-state index contributed by atoms with van der Waals surface area (Å²) in [7, 11) is 0. The lowest BCUT2D eigenvalue weighted by Gasteiger charge is -2.17. The number of carbonyl (C=O) groups is 2. The van der Waals surface area contributed by atoms with E-state index in [9.17, 15) is 14.0 Å². The van der Waals surface area contributed by atoms with E-state index in [1.165, 1.54) is 12.1 Å². The highest BCUT2D eigenvalue weighted by Gasteiger charge is 2.19. The number of carboxylic acids is 1. The Labute approximate surface area is 117 Å². The van der Waals surface area contributed by atoms with Gasteiger partial charge in [-0.1, -0.05) is 13.8 Å². The van der Waals surface area contributed by atoms with Gasteiger partial charge in [-0.25, -0.2) is 4.39 Å². The van der Waals surface area contributed by atoms with Gasteiger partial charge in [0.15, 0.2) is 0 Å². The summed E-state index contributed by atoms with van der Waals surface area (Å²) >= 11 is 0. The van der Waals surface area contributed by atoms with Crippen LogP contribution in [0.2, 0.25) is 0 Å². The van der Waals surface area contributed by atoms with E-state index in [1.807, 2.05) is 13.8 Å². The number of hydrogen-bond acceptors (Lipinski definition) is 3. The molecule has 1 unspecified atom stereocenters. The van der Waals surface area contributed by atoms with Crippen LogP contribution in [0.15, 0.2) is 18.2 Å². The van der Waals surface area contributed by atoms with Crippen molar-refractivity contribution in [2.24, 2.45) is 17.6 Å². The first-order chi connectivity index (χ1) is 9.31. The lowest BCUT2D eigenvalue weighted by atomic mass is 9.97. The lowest BCUT2D eigenvalue weighted by molar-refractivity contribution is -0.141. The SMILES string of the molecule is CC(C)CC(CNc1ccc(F)cc1C(N)=O)C(=O)O.